The van der Waals surface area contributed by atoms with E-state index in [-0.39, 0.29) is 18.2 Å². The van der Waals surface area contributed by atoms with Crippen LogP contribution in [-0.4, -0.2) is 5.78 Å². The molecule has 0 fully saturated rings. The number of carbonyl (C=O) groups is 1. The number of ether oxygens (including phenoxy) is 2. The van der Waals surface area contributed by atoms with Crippen molar-refractivity contribution in [3.05, 3.63) is 86.6 Å². The number of Topliss-reactive ketones (excluding diaryl/α,β-unsaturated/α-hetero) is 1. The second-order valence-corrected chi connectivity index (χ2v) is 7.35. The maximum atomic E-state index is 13.8. The van der Waals surface area contributed by atoms with Crippen LogP contribution < -0.4 is 9.47 Å². The molecule has 27 heavy (non-hydrogen) atoms. The van der Waals surface area contributed by atoms with Gasteiger partial charge in [0.15, 0.2) is 5.76 Å². The highest BCUT2D eigenvalue weighted by atomic mass is 32.1. The van der Waals surface area contributed by atoms with Crippen molar-refractivity contribution in [1.29, 1.82) is 0 Å². The lowest BCUT2D eigenvalue weighted by molar-refractivity contribution is 0.101. The van der Waals surface area contributed by atoms with Crippen molar-refractivity contribution < 1.29 is 18.7 Å². The van der Waals surface area contributed by atoms with Crippen LogP contribution in [0.4, 0.5) is 4.39 Å². The van der Waals surface area contributed by atoms with E-state index in [0.29, 0.717) is 28.4 Å². The van der Waals surface area contributed by atoms with E-state index < -0.39 is 0 Å². The molecule has 0 atom stereocenters. The summed E-state index contributed by atoms with van der Waals surface area (Å²) >= 11 is 1.56. The first-order chi connectivity index (χ1) is 13.0. The van der Waals surface area contributed by atoms with E-state index >= 15 is 0 Å². The average Bonchev–Trinajstić information content (AvgIpc) is 3.18. The maximum absolute atomic E-state index is 13.8. The Hall–Kier alpha value is -2.92. The lowest BCUT2D eigenvalue weighted by Gasteiger charge is -2.09. The van der Waals surface area contributed by atoms with Gasteiger partial charge in [0.2, 0.25) is 5.78 Å². The minimum absolute atomic E-state index is 0.107. The second-order valence-electron chi connectivity index (χ2n) is 6.40. The molecule has 2 heterocycles. The number of benzene rings is 2. The lowest BCUT2D eigenvalue weighted by atomic mass is 10.0. The number of aryl methyl sites for hydroxylation is 2. The van der Waals surface area contributed by atoms with Gasteiger partial charge in [-0.2, -0.15) is 0 Å². The molecule has 5 heteroatoms. The molecule has 0 N–H and O–H groups in total. The first-order valence-corrected chi connectivity index (χ1v) is 9.40. The molecule has 136 valence electrons. The van der Waals surface area contributed by atoms with Gasteiger partial charge in [-0.3, -0.25) is 4.79 Å². The highest BCUT2D eigenvalue weighted by Crippen LogP contribution is 2.38. The van der Waals surface area contributed by atoms with E-state index in [0.717, 1.165) is 16.0 Å². The maximum Gasteiger partial charge on any atom is 0.232 e. The Balaban J connectivity index is 1.59. The number of thiophene rings is 1. The van der Waals surface area contributed by atoms with Gasteiger partial charge in [-0.25, -0.2) is 4.39 Å². The van der Waals surface area contributed by atoms with Crippen LogP contribution in [0.25, 0.3) is 6.08 Å². The topological polar surface area (TPSA) is 35.5 Å². The van der Waals surface area contributed by atoms with Crippen molar-refractivity contribution in [1.82, 2.24) is 0 Å². The first-order valence-electron chi connectivity index (χ1n) is 8.52. The number of hydrogen-bond donors (Lipinski definition) is 0. The van der Waals surface area contributed by atoms with Gasteiger partial charge >= 0.3 is 0 Å². The molecule has 1 aliphatic heterocycles. The van der Waals surface area contributed by atoms with Crippen LogP contribution in [0.1, 0.15) is 31.9 Å². The summed E-state index contributed by atoms with van der Waals surface area (Å²) < 4.78 is 25.3. The third kappa shape index (κ3) is 3.38. The van der Waals surface area contributed by atoms with Gasteiger partial charge in [0.05, 0.1) is 5.56 Å². The van der Waals surface area contributed by atoms with Gasteiger partial charge in [0.1, 0.15) is 23.9 Å². The first kappa shape index (κ1) is 17.5. The largest absolute Gasteiger partial charge is 0.489 e. The SMILES string of the molecule is Cc1ccsc1/C=C1\Oc2cc(OCc3ccccc3F)cc(C)c2C1=O. The van der Waals surface area contributed by atoms with Crippen LogP contribution in [0, 0.1) is 19.7 Å². The van der Waals surface area contributed by atoms with Gasteiger partial charge in [0, 0.05) is 22.6 Å². The standard InChI is InChI=1S/C22H17FO3S/c1-13-7-8-27-20(13)11-19-22(24)21-14(2)9-16(10-18(21)26-19)25-12-15-5-3-4-6-17(15)23/h3-11H,12H2,1-2H3/b19-11-. The number of ketones is 1. The zero-order chi connectivity index (χ0) is 19.0. The molecule has 0 spiro atoms. The summed E-state index contributed by atoms with van der Waals surface area (Å²) in [5.41, 5.74) is 2.90. The Kier molecular flexibility index (Phi) is 4.54. The Morgan fingerprint density at radius 3 is 2.70 bits per heavy atom. The fraction of sp³-hybridized carbons (Fsp3) is 0.136. The molecule has 3 nitrogen and oxygen atoms in total. The lowest BCUT2D eigenvalue weighted by Crippen LogP contribution is -2.00. The molecule has 0 aliphatic carbocycles. The number of rotatable bonds is 4. The van der Waals surface area contributed by atoms with E-state index in [2.05, 4.69) is 0 Å². The summed E-state index contributed by atoms with van der Waals surface area (Å²) in [6, 6.07) is 12.0. The van der Waals surface area contributed by atoms with E-state index in [9.17, 15) is 9.18 Å². The van der Waals surface area contributed by atoms with E-state index in [1.54, 1.807) is 47.7 Å². The molecule has 4 rings (SSSR count). The molecule has 0 saturated carbocycles. The number of hydrogen-bond acceptors (Lipinski definition) is 4. The van der Waals surface area contributed by atoms with Crippen molar-refractivity contribution in [3.8, 4) is 11.5 Å². The van der Waals surface area contributed by atoms with Crippen LogP contribution in [0.5, 0.6) is 11.5 Å². The Morgan fingerprint density at radius 2 is 1.96 bits per heavy atom. The van der Waals surface area contributed by atoms with Gasteiger partial charge in [-0.1, -0.05) is 18.2 Å². The smallest absolute Gasteiger partial charge is 0.232 e. The van der Waals surface area contributed by atoms with E-state index in [1.165, 1.54) is 6.07 Å². The number of fused-ring (bicyclic) bond motifs is 1. The number of allylic oxidation sites excluding steroid dienone is 1. The summed E-state index contributed by atoms with van der Waals surface area (Å²) in [6.45, 7) is 3.95. The van der Waals surface area contributed by atoms with E-state index in [4.69, 9.17) is 9.47 Å². The molecule has 2 aromatic carbocycles. The highest BCUT2D eigenvalue weighted by molar-refractivity contribution is 7.11. The second kappa shape index (κ2) is 7.00. The summed E-state index contributed by atoms with van der Waals surface area (Å²) in [6.07, 6.45) is 1.78. The molecule has 1 aromatic heterocycles. The molecule has 0 unspecified atom stereocenters. The molecule has 0 saturated heterocycles. The summed E-state index contributed by atoms with van der Waals surface area (Å²) in [4.78, 5) is 13.7. The van der Waals surface area contributed by atoms with Crippen LogP contribution in [0.3, 0.4) is 0 Å². The van der Waals surface area contributed by atoms with Crippen molar-refractivity contribution in [2.45, 2.75) is 20.5 Å². The van der Waals surface area contributed by atoms with Gasteiger partial charge in [-0.15, -0.1) is 11.3 Å². The average molecular weight is 380 g/mol. The molecule has 1 aliphatic rings. The van der Waals surface area contributed by atoms with Crippen LogP contribution in [-0.2, 0) is 6.61 Å². The zero-order valence-corrected chi connectivity index (χ0v) is 15.7. The van der Waals surface area contributed by atoms with Gasteiger partial charge in [0.25, 0.3) is 0 Å². The summed E-state index contributed by atoms with van der Waals surface area (Å²) in [5, 5.41) is 1.98. The number of carbonyl (C=O) groups excluding carboxylic acids is 1. The van der Waals surface area contributed by atoms with Gasteiger partial charge < -0.3 is 9.47 Å². The van der Waals surface area contributed by atoms with Crippen LogP contribution in [0.2, 0.25) is 0 Å². The molecular weight excluding hydrogens is 363 g/mol. The molecule has 3 aromatic rings. The Labute approximate surface area is 160 Å². The van der Waals surface area contributed by atoms with Crippen molar-refractivity contribution in [3.63, 3.8) is 0 Å². The van der Waals surface area contributed by atoms with Crippen LogP contribution in [0.15, 0.2) is 53.6 Å². The third-order valence-corrected chi connectivity index (χ3v) is 5.43. The minimum atomic E-state index is -0.307. The predicted molar refractivity (Wildman–Crippen MR) is 104 cm³/mol. The normalized spacial score (nSPS) is 14.3. The third-order valence-electron chi connectivity index (χ3n) is 4.46. The monoisotopic (exact) mass is 380 g/mol. The zero-order valence-electron chi connectivity index (χ0n) is 14.9. The molecule has 0 bridgehead atoms. The number of halogens is 1. The molecular formula is C22H17FO3S. The van der Waals surface area contributed by atoms with Gasteiger partial charge in [-0.05, 0) is 48.6 Å². The fourth-order valence-electron chi connectivity index (χ4n) is 2.99. The fourth-order valence-corrected chi connectivity index (χ4v) is 3.84. The minimum Gasteiger partial charge on any atom is -0.489 e. The van der Waals surface area contributed by atoms with Crippen molar-refractivity contribution in [2.24, 2.45) is 0 Å². The van der Waals surface area contributed by atoms with Crippen LogP contribution >= 0.6 is 11.3 Å². The quantitative estimate of drug-likeness (QED) is 0.545. The Morgan fingerprint density at radius 1 is 1.15 bits per heavy atom. The highest BCUT2D eigenvalue weighted by Gasteiger charge is 2.30. The van der Waals surface area contributed by atoms with Crippen molar-refractivity contribution >= 4 is 23.2 Å². The molecule has 0 amide bonds. The molecule has 0 radical (unpaired) electrons. The summed E-state index contributed by atoms with van der Waals surface area (Å²) in [5.74, 6) is 0.888. The summed E-state index contributed by atoms with van der Waals surface area (Å²) in [7, 11) is 0. The van der Waals surface area contributed by atoms with E-state index in [1.807, 2.05) is 25.3 Å². The Bertz CT molecular complexity index is 1070. The predicted octanol–water partition coefficient (Wildman–Crippen LogP) is 5.70. The van der Waals surface area contributed by atoms with Crippen molar-refractivity contribution in [2.75, 3.05) is 0 Å².